The largest absolute Gasteiger partial charge is 0.454 e. The molecule has 3 N–H and O–H groups in total. The third kappa shape index (κ3) is 5.48. The van der Waals surface area contributed by atoms with E-state index in [1.54, 1.807) is 18.2 Å². The van der Waals surface area contributed by atoms with Crippen LogP contribution in [0.1, 0.15) is 31.4 Å². The molecule has 8 heteroatoms. The number of rotatable bonds is 6. The van der Waals surface area contributed by atoms with Gasteiger partial charge in [0.05, 0.1) is 6.04 Å². The normalized spacial score (nSPS) is 17.3. The van der Waals surface area contributed by atoms with Crippen LogP contribution >= 0.6 is 12.4 Å². The lowest BCUT2D eigenvalue weighted by Crippen LogP contribution is -2.53. The smallest absolute Gasteiger partial charge is 0.246 e. The van der Waals surface area contributed by atoms with Crippen molar-refractivity contribution in [2.75, 3.05) is 12.1 Å². The van der Waals surface area contributed by atoms with Crippen LogP contribution < -0.4 is 25.4 Å². The zero-order valence-corrected chi connectivity index (χ0v) is 18.5. The van der Waals surface area contributed by atoms with E-state index in [1.807, 2.05) is 32.0 Å². The Balaban J connectivity index is 0.00000272. The molecule has 2 aliphatic rings. The lowest BCUT2D eigenvalue weighted by Gasteiger charge is -2.28. The average Bonchev–Trinajstić information content (AvgIpc) is 3.20. The molecule has 0 bridgehead atoms. The Kier molecular flexibility index (Phi) is 7.41. The van der Waals surface area contributed by atoms with Crippen molar-refractivity contribution in [2.24, 2.45) is 5.92 Å². The average molecular weight is 446 g/mol. The van der Waals surface area contributed by atoms with Gasteiger partial charge in [-0.25, -0.2) is 0 Å². The van der Waals surface area contributed by atoms with Crippen LogP contribution in [0, 0.1) is 5.92 Å². The monoisotopic (exact) mass is 445 g/mol. The first-order valence-electron chi connectivity index (χ1n) is 10.3. The van der Waals surface area contributed by atoms with E-state index < -0.39 is 6.04 Å². The highest BCUT2D eigenvalue weighted by Crippen LogP contribution is 2.34. The molecule has 2 aromatic carbocycles. The van der Waals surface area contributed by atoms with Crippen molar-refractivity contribution >= 4 is 29.9 Å². The fraction of sp³-hybridized carbons (Fsp3) is 0.391. The van der Waals surface area contributed by atoms with Gasteiger partial charge in [-0.15, -0.1) is 12.4 Å². The molecule has 4 rings (SSSR count). The summed E-state index contributed by atoms with van der Waals surface area (Å²) >= 11 is 0. The maximum absolute atomic E-state index is 12.9. The number of hydrogen-bond donors (Lipinski definition) is 3. The number of nitrogens with one attached hydrogen (secondary N) is 3. The summed E-state index contributed by atoms with van der Waals surface area (Å²) in [5.41, 5.74) is 2.99. The minimum absolute atomic E-state index is 0. The molecule has 7 nitrogen and oxygen atoms in total. The van der Waals surface area contributed by atoms with E-state index in [0.29, 0.717) is 36.6 Å². The van der Waals surface area contributed by atoms with Gasteiger partial charge in [0.2, 0.25) is 18.6 Å². The molecule has 2 atom stereocenters. The van der Waals surface area contributed by atoms with Gasteiger partial charge in [0.1, 0.15) is 6.04 Å². The highest BCUT2D eigenvalue weighted by Gasteiger charge is 2.29. The van der Waals surface area contributed by atoms with Gasteiger partial charge in [0.15, 0.2) is 11.5 Å². The van der Waals surface area contributed by atoms with Crippen LogP contribution in [0.25, 0.3) is 0 Å². The summed E-state index contributed by atoms with van der Waals surface area (Å²) in [7, 11) is 0. The van der Waals surface area contributed by atoms with E-state index in [4.69, 9.17) is 9.47 Å². The number of amides is 2. The second kappa shape index (κ2) is 10.0. The Morgan fingerprint density at radius 3 is 2.61 bits per heavy atom. The maximum Gasteiger partial charge on any atom is 0.246 e. The summed E-state index contributed by atoms with van der Waals surface area (Å²) in [5.74, 6) is 1.10. The van der Waals surface area contributed by atoms with Gasteiger partial charge in [0, 0.05) is 18.3 Å². The van der Waals surface area contributed by atoms with Crippen LogP contribution in [0.5, 0.6) is 11.5 Å². The summed E-state index contributed by atoms with van der Waals surface area (Å²) < 4.78 is 10.7. The van der Waals surface area contributed by atoms with Crippen LogP contribution in [0.2, 0.25) is 0 Å². The molecule has 166 valence electrons. The molecule has 2 aromatic rings. The number of hydrogen-bond acceptors (Lipinski definition) is 5. The molecule has 0 saturated carbocycles. The summed E-state index contributed by atoms with van der Waals surface area (Å²) in [5, 5.41) is 9.12. The Labute approximate surface area is 188 Å². The predicted octanol–water partition coefficient (Wildman–Crippen LogP) is 3.02. The summed E-state index contributed by atoms with van der Waals surface area (Å²) in [6, 6.07) is 12.4. The molecule has 2 amide bonds. The predicted molar refractivity (Wildman–Crippen MR) is 121 cm³/mol. The number of fused-ring (bicyclic) bond motifs is 2. The van der Waals surface area contributed by atoms with Crippen molar-refractivity contribution in [2.45, 2.75) is 45.3 Å². The van der Waals surface area contributed by atoms with Gasteiger partial charge in [-0.3, -0.25) is 9.59 Å². The third-order valence-electron chi connectivity index (χ3n) is 5.38. The number of halogens is 1. The number of ether oxygens (including phenoxy) is 2. The molecule has 0 spiro atoms. The van der Waals surface area contributed by atoms with Crippen LogP contribution in [0.3, 0.4) is 0 Å². The zero-order chi connectivity index (χ0) is 21.1. The van der Waals surface area contributed by atoms with Gasteiger partial charge >= 0.3 is 0 Å². The van der Waals surface area contributed by atoms with E-state index in [9.17, 15) is 9.59 Å². The van der Waals surface area contributed by atoms with Gasteiger partial charge in [-0.1, -0.05) is 38.1 Å². The van der Waals surface area contributed by atoms with Crippen molar-refractivity contribution in [3.05, 3.63) is 53.6 Å². The minimum atomic E-state index is -0.623. The molecule has 2 heterocycles. The molecular weight excluding hydrogens is 418 g/mol. The third-order valence-corrected chi connectivity index (χ3v) is 5.38. The van der Waals surface area contributed by atoms with E-state index in [2.05, 4.69) is 22.0 Å². The molecule has 2 unspecified atom stereocenters. The first kappa shape index (κ1) is 22.9. The molecule has 2 aliphatic heterocycles. The minimum Gasteiger partial charge on any atom is -0.454 e. The quantitative estimate of drug-likeness (QED) is 0.636. The van der Waals surface area contributed by atoms with E-state index in [0.717, 1.165) is 0 Å². The first-order chi connectivity index (χ1) is 14.5. The van der Waals surface area contributed by atoms with Gasteiger partial charge in [-0.05, 0) is 42.0 Å². The van der Waals surface area contributed by atoms with Crippen LogP contribution in [0.15, 0.2) is 42.5 Å². The Bertz CT molecular complexity index is 950. The topological polar surface area (TPSA) is 88.7 Å². The Hall–Kier alpha value is -2.77. The highest BCUT2D eigenvalue weighted by molar-refractivity contribution is 5.98. The zero-order valence-electron chi connectivity index (χ0n) is 17.6. The fourth-order valence-electron chi connectivity index (χ4n) is 3.82. The number of carbonyl (C=O) groups excluding carboxylic acids is 2. The molecule has 0 fully saturated rings. The number of anilines is 1. The summed E-state index contributed by atoms with van der Waals surface area (Å²) in [6.45, 7) is 4.88. The molecular formula is C23H28ClN3O4. The van der Waals surface area contributed by atoms with Crippen LogP contribution in [-0.4, -0.2) is 30.7 Å². The number of carbonyl (C=O) groups is 2. The second-order valence-electron chi connectivity index (χ2n) is 8.15. The first-order valence-corrected chi connectivity index (χ1v) is 10.3. The van der Waals surface area contributed by atoms with Crippen LogP contribution in [-0.2, 0) is 22.6 Å². The molecule has 0 aromatic heterocycles. The lowest BCUT2D eigenvalue weighted by atomic mass is 9.95. The summed E-state index contributed by atoms with van der Waals surface area (Å²) in [6.07, 6.45) is 1.16. The molecule has 0 saturated heterocycles. The van der Waals surface area contributed by atoms with Crippen molar-refractivity contribution in [1.82, 2.24) is 10.6 Å². The van der Waals surface area contributed by atoms with Crippen molar-refractivity contribution in [3.8, 4) is 11.5 Å². The van der Waals surface area contributed by atoms with Crippen molar-refractivity contribution in [1.29, 1.82) is 0 Å². The van der Waals surface area contributed by atoms with Crippen LogP contribution in [0.4, 0.5) is 5.69 Å². The maximum atomic E-state index is 12.9. The van der Waals surface area contributed by atoms with Crippen molar-refractivity contribution < 1.29 is 19.1 Å². The van der Waals surface area contributed by atoms with Gasteiger partial charge < -0.3 is 25.4 Å². The highest BCUT2D eigenvalue weighted by atomic mass is 35.5. The standard InChI is InChI=1S/C23H27N3O4.ClH/c1-14(2)9-19(23(28)25-17-7-8-20-21(11-17)30-13-29-20)26-22(27)18-10-15-5-3-4-6-16(15)12-24-18;/h3-8,11,14,18-19,24H,9-10,12-13H2,1-2H3,(H,25,28)(H,26,27);1H. The molecule has 0 radical (unpaired) electrons. The lowest BCUT2D eigenvalue weighted by molar-refractivity contribution is -0.128. The van der Waals surface area contributed by atoms with Gasteiger partial charge in [-0.2, -0.15) is 0 Å². The second-order valence-corrected chi connectivity index (χ2v) is 8.15. The SMILES string of the molecule is CC(C)CC(NC(=O)C1Cc2ccccc2CN1)C(=O)Nc1ccc2c(c1)OCO2.Cl. The fourth-order valence-corrected chi connectivity index (χ4v) is 3.82. The van der Waals surface area contributed by atoms with Gasteiger partial charge in [0.25, 0.3) is 0 Å². The Morgan fingerprint density at radius 2 is 1.84 bits per heavy atom. The van der Waals surface area contributed by atoms with Crippen molar-refractivity contribution in [3.63, 3.8) is 0 Å². The van der Waals surface area contributed by atoms with E-state index in [1.165, 1.54) is 11.1 Å². The number of benzene rings is 2. The Morgan fingerprint density at radius 1 is 1.10 bits per heavy atom. The summed E-state index contributed by atoms with van der Waals surface area (Å²) in [4.78, 5) is 25.9. The molecule has 0 aliphatic carbocycles. The van der Waals surface area contributed by atoms with E-state index in [-0.39, 0.29) is 43.0 Å². The van der Waals surface area contributed by atoms with E-state index >= 15 is 0 Å². The molecule has 31 heavy (non-hydrogen) atoms.